The standard InChI is InChI=1S/C20H21ClN4O/c1-12(2)14-4-6-15(7-5-14)25-19-18(22)20(24-11-23-19)26-16-8-9-17(21)13(3)10-16/h4-12H,22H2,1-3H3,(H,23,24,25). The summed E-state index contributed by atoms with van der Waals surface area (Å²) >= 11 is 6.05. The Balaban J connectivity index is 1.81. The molecule has 3 aromatic rings. The number of nitrogens with zero attached hydrogens (tertiary/aromatic N) is 2. The topological polar surface area (TPSA) is 73.1 Å². The van der Waals surface area contributed by atoms with Crippen molar-refractivity contribution in [3.8, 4) is 11.6 Å². The molecule has 0 atom stereocenters. The van der Waals surface area contributed by atoms with E-state index in [4.69, 9.17) is 22.1 Å². The van der Waals surface area contributed by atoms with Crippen LogP contribution in [0.5, 0.6) is 11.6 Å². The molecule has 0 saturated heterocycles. The highest BCUT2D eigenvalue weighted by Crippen LogP contribution is 2.32. The fourth-order valence-electron chi connectivity index (χ4n) is 2.44. The van der Waals surface area contributed by atoms with E-state index < -0.39 is 0 Å². The van der Waals surface area contributed by atoms with E-state index in [2.05, 4.69) is 41.3 Å². The van der Waals surface area contributed by atoms with Crippen LogP contribution in [0.3, 0.4) is 0 Å². The summed E-state index contributed by atoms with van der Waals surface area (Å²) in [7, 11) is 0. The molecule has 0 bridgehead atoms. The lowest BCUT2D eigenvalue weighted by molar-refractivity contribution is 0.464. The van der Waals surface area contributed by atoms with E-state index in [1.165, 1.54) is 11.9 Å². The third-order valence-electron chi connectivity index (χ3n) is 4.03. The number of ether oxygens (including phenoxy) is 1. The Bertz CT molecular complexity index is 910. The molecule has 0 aliphatic rings. The lowest BCUT2D eigenvalue weighted by Crippen LogP contribution is -2.03. The molecule has 3 rings (SSSR count). The predicted octanol–water partition coefficient (Wildman–Crippen LogP) is 5.68. The van der Waals surface area contributed by atoms with Gasteiger partial charge in [-0.1, -0.05) is 37.6 Å². The van der Waals surface area contributed by atoms with Gasteiger partial charge in [-0.2, -0.15) is 4.98 Å². The number of hydrogen-bond donors (Lipinski definition) is 2. The van der Waals surface area contributed by atoms with Crippen LogP contribution in [0, 0.1) is 6.92 Å². The number of rotatable bonds is 5. The molecule has 26 heavy (non-hydrogen) atoms. The molecule has 5 nitrogen and oxygen atoms in total. The number of aryl methyl sites for hydroxylation is 1. The molecule has 0 aliphatic heterocycles. The number of halogens is 1. The first-order chi connectivity index (χ1) is 12.4. The van der Waals surface area contributed by atoms with E-state index in [1.807, 2.05) is 25.1 Å². The molecule has 0 aliphatic carbocycles. The second-order valence-corrected chi connectivity index (χ2v) is 6.76. The van der Waals surface area contributed by atoms with Crippen molar-refractivity contribution in [3.05, 3.63) is 64.9 Å². The molecule has 0 saturated carbocycles. The van der Waals surface area contributed by atoms with Crippen LogP contribution >= 0.6 is 11.6 Å². The van der Waals surface area contributed by atoms with Crippen molar-refractivity contribution < 1.29 is 4.74 Å². The minimum Gasteiger partial charge on any atom is -0.437 e. The summed E-state index contributed by atoms with van der Waals surface area (Å²) in [6, 6.07) is 13.5. The third kappa shape index (κ3) is 4.06. The summed E-state index contributed by atoms with van der Waals surface area (Å²) in [4.78, 5) is 8.35. The van der Waals surface area contributed by atoms with Crippen molar-refractivity contribution in [2.75, 3.05) is 11.1 Å². The molecule has 134 valence electrons. The Morgan fingerprint density at radius 3 is 2.46 bits per heavy atom. The van der Waals surface area contributed by atoms with E-state index in [0.717, 1.165) is 11.3 Å². The number of benzene rings is 2. The van der Waals surface area contributed by atoms with Crippen LogP contribution in [-0.2, 0) is 0 Å². The van der Waals surface area contributed by atoms with Crippen LogP contribution in [0.25, 0.3) is 0 Å². The molecule has 6 heteroatoms. The summed E-state index contributed by atoms with van der Waals surface area (Å²) in [6.07, 6.45) is 1.42. The summed E-state index contributed by atoms with van der Waals surface area (Å²) in [5, 5.41) is 3.89. The van der Waals surface area contributed by atoms with Gasteiger partial charge in [0.1, 0.15) is 17.8 Å². The maximum absolute atomic E-state index is 6.19. The maximum atomic E-state index is 6.19. The largest absolute Gasteiger partial charge is 0.437 e. The smallest absolute Gasteiger partial charge is 0.248 e. The predicted molar refractivity (Wildman–Crippen MR) is 107 cm³/mol. The van der Waals surface area contributed by atoms with Crippen molar-refractivity contribution in [1.82, 2.24) is 9.97 Å². The zero-order valence-corrected chi connectivity index (χ0v) is 15.7. The van der Waals surface area contributed by atoms with Crippen molar-refractivity contribution in [1.29, 1.82) is 0 Å². The highest BCUT2D eigenvalue weighted by molar-refractivity contribution is 6.31. The summed E-state index contributed by atoms with van der Waals surface area (Å²) in [5.74, 6) is 1.89. The molecule has 3 N–H and O–H groups in total. The van der Waals surface area contributed by atoms with Gasteiger partial charge < -0.3 is 15.8 Å². The SMILES string of the molecule is Cc1cc(Oc2ncnc(Nc3ccc(C(C)C)cc3)c2N)ccc1Cl. The number of nitrogens with one attached hydrogen (secondary N) is 1. The van der Waals surface area contributed by atoms with Gasteiger partial charge in [0.25, 0.3) is 0 Å². The van der Waals surface area contributed by atoms with Gasteiger partial charge in [0.05, 0.1) is 0 Å². The van der Waals surface area contributed by atoms with Crippen LogP contribution in [0.2, 0.25) is 5.02 Å². The number of anilines is 3. The first kappa shape index (κ1) is 18.0. The fourth-order valence-corrected chi connectivity index (χ4v) is 2.56. The second-order valence-electron chi connectivity index (χ2n) is 6.36. The normalized spacial score (nSPS) is 10.8. The highest BCUT2D eigenvalue weighted by atomic mass is 35.5. The molecule has 0 spiro atoms. The summed E-state index contributed by atoms with van der Waals surface area (Å²) in [6.45, 7) is 6.23. The van der Waals surface area contributed by atoms with Crippen LogP contribution < -0.4 is 15.8 Å². The molecular formula is C20H21ClN4O. The van der Waals surface area contributed by atoms with Crippen LogP contribution in [-0.4, -0.2) is 9.97 Å². The average Bonchev–Trinajstić information content (AvgIpc) is 2.62. The minimum absolute atomic E-state index is 0.294. The first-order valence-electron chi connectivity index (χ1n) is 8.35. The van der Waals surface area contributed by atoms with Gasteiger partial charge in [0.15, 0.2) is 5.82 Å². The quantitative estimate of drug-likeness (QED) is 0.606. The molecule has 0 fully saturated rings. The van der Waals surface area contributed by atoms with Crippen LogP contribution in [0.15, 0.2) is 48.8 Å². The zero-order valence-electron chi connectivity index (χ0n) is 15.0. The second kappa shape index (κ2) is 7.62. The van der Waals surface area contributed by atoms with Gasteiger partial charge in [-0.25, -0.2) is 4.98 Å². The van der Waals surface area contributed by atoms with Gasteiger partial charge >= 0.3 is 0 Å². The number of hydrogen-bond acceptors (Lipinski definition) is 5. The lowest BCUT2D eigenvalue weighted by atomic mass is 10.0. The average molecular weight is 369 g/mol. The number of nitrogens with two attached hydrogens (primary N) is 1. The molecule has 1 heterocycles. The van der Waals surface area contributed by atoms with E-state index in [0.29, 0.717) is 34.1 Å². The Hall–Kier alpha value is -2.79. The van der Waals surface area contributed by atoms with Crippen molar-refractivity contribution in [2.45, 2.75) is 26.7 Å². The minimum atomic E-state index is 0.294. The maximum Gasteiger partial charge on any atom is 0.248 e. The molecule has 0 amide bonds. The Kier molecular flexibility index (Phi) is 5.28. The third-order valence-corrected chi connectivity index (χ3v) is 4.46. The van der Waals surface area contributed by atoms with Gasteiger partial charge in [-0.05, 0) is 54.3 Å². The Labute approximate surface area is 158 Å². The van der Waals surface area contributed by atoms with Crippen LogP contribution in [0.1, 0.15) is 30.9 Å². The van der Waals surface area contributed by atoms with Crippen LogP contribution in [0.4, 0.5) is 17.2 Å². The Morgan fingerprint density at radius 2 is 1.81 bits per heavy atom. The molecular weight excluding hydrogens is 348 g/mol. The first-order valence-corrected chi connectivity index (χ1v) is 8.73. The van der Waals surface area contributed by atoms with Crippen molar-refractivity contribution in [2.24, 2.45) is 0 Å². The molecule has 2 aromatic carbocycles. The highest BCUT2D eigenvalue weighted by Gasteiger charge is 2.11. The van der Waals surface area contributed by atoms with Crippen molar-refractivity contribution in [3.63, 3.8) is 0 Å². The number of aromatic nitrogens is 2. The molecule has 0 unspecified atom stereocenters. The van der Waals surface area contributed by atoms with E-state index in [-0.39, 0.29) is 0 Å². The van der Waals surface area contributed by atoms with Crippen molar-refractivity contribution >= 4 is 28.8 Å². The zero-order chi connectivity index (χ0) is 18.7. The molecule has 1 aromatic heterocycles. The van der Waals surface area contributed by atoms with E-state index >= 15 is 0 Å². The van der Waals surface area contributed by atoms with Gasteiger partial charge in [-0.15, -0.1) is 0 Å². The van der Waals surface area contributed by atoms with Gasteiger partial charge in [0, 0.05) is 10.7 Å². The lowest BCUT2D eigenvalue weighted by Gasteiger charge is -2.13. The summed E-state index contributed by atoms with van der Waals surface area (Å²) in [5.41, 5.74) is 9.61. The Morgan fingerprint density at radius 1 is 1.08 bits per heavy atom. The monoisotopic (exact) mass is 368 g/mol. The summed E-state index contributed by atoms with van der Waals surface area (Å²) < 4.78 is 5.80. The fraction of sp³-hybridized carbons (Fsp3) is 0.200. The van der Waals surface area contributed by atoms with E-state index in [9.17, 15) is 0 Å². The van der Waals surface area contributed by atoms with Gasteiger partial charge in [0.2, 0.25) is 5.88 Å². The van der Waals surface area contributed by atoms with Gasteiger partial charge in [-0.3, -0.25) is 0 Å². The number of nitrogen functional groups attached to an aromatic ring is 1. The molecule has 0 radical (unpaired) electrons. The van der Waals surface area contributed by atoms with E-state index in [1.54, 1.807) is 12.1 Å².